The monoisotopic (exact) mass is 118 g/mol. The van der Waals surface area contributed by atoms with Gasteiger partial charge in [-0.25, -0.2) is 0 Å². The van der Waals surface area contributed by atoms with Crippen LogP contribution in [0.25, 0.3) is 0 Å². The Labute approximate surface area is 45.9 Å². The molecular formula is C3H3ClN2O. The second-order valence-corrected chi connectivity index (χ2v) is 1.28. The molecule has 0 radical (unpaired) electrons. The van der Waals surface area contributed by atoms with Gasteiger partial charge in [-0.05, 0) is 0 Å². The molecule has 0 N–H and O–H groups in total. The summed E-state index contributed by atoms with van der Waals surface area (Å²) in [5.74, 6) is 0. The first-order chi connectivity index (χ1) is 3.39. The number of halogens is 1. The Morgan fingerprint density at radius 2 is 2.57 bits per heavy atom. The fraction of sp³-hybridized carbons (Fsp3) is 0. The quantitative estimate of drug-likeness (QED) is 0.441. The van der Waals surface area contributed by atoms with E-state index in [0.717, 1.165) is 4.53 Å². The zero-order valence-electron chi connectivity index (χ0n) is 3.41. The van der Waals surface area contributed by atoms with Gasteiger partial charge in [0.25, 0.3) is 0 Å². The van der Waals surface area contributed by atoms with Crippen molar-refractivity contribution in [3.8, 4) is 0 Å². The number of nitrogens with zero attached hydrogens (tertiary/aromatic N) is 2. The Kier molecular flexibility index (Phi) is 1.17. The van der Waals surface area contributed by atoms with E-state index in [4.69, 9.17) is 11.8 Å². The lowest BCUT2D eigenvalue weighted by Crippen LogP contribution is -1.98. The fourth-order valence-corrected chi connectivity index (χ4v) is 0.313. The summed E-state index contributed by atoms with van der Waals surface area (Å²) in [4.78, 5) is 0. The van der Waals surface area contributed by atoms with Gasteiger partial charge in [-0.3, -0.25) is 0 Å². The van der Waals surface area contributed by atoms with Crippen LogP contribution in [0.2, 0.25) is 0 Å². The lowest BCUT2D eigenvalue weighted by Gasteiger charge is -2.03. The summed E-state index contributed by atoms with van der Waals surface area (Å²) in [6.07, 6.45) is 4.16. The summed E-state index contributed by atoms with van der Waals surface area (Å²) in [6.45, 7) is 0. The zero-order valence-corrected chi connectivity index (χ0v) is 4.17. The maximum atomic E-state index is 5.29. The molecule has 0 aromatic carbocycles. The van der Waals surface area contributed by atoms with Crippen LogP contribution in [0, 0.1) is 0 Å². The molecule has 0 saturated carbocycles. The van der Waals surface area contributed by atoms with E-state index in [1.165, 1.54) is 18.9 Å². The van der Waals surface area contributed by atoms with Crippen molar-refractivity contribution in [2.75, 3.05) is 0 Å². The molecule has 0 aromatic heterocycles. The Balaban J connectivity index is 2.49. The first kappa shape index (κ1) is 4.46. The third-order valence-electron chi connectivity index (χ3n) is 0.481. The van der Waals surface area contributed by atoms with Gasteiger partial charge in [-0.1, -0.05) is 0 Å². The lowest BCUT2D eigenvalue weighted by atomic mass is 11.0. The zero-order chi connectivity index (χ0) is 5.11. The van der Waals surface area contributed by atoms with Gasteiger partial charge in [0.1, 0.15) is 6.26 Å². The summed E-state index contributed by atoms with van der Waals surface area (Å²) >= 11 is 5.29. The van der Waals surface area contributed by atoms with E-state index in [1.54, 1.807) is 0 Å². The number of rotatable bonds is 0. The molecular weight excluding hydrogens is 115 g/mol. The molecule has 0 saturated heterocycles. The van der Waals surface area contributed by atoms with Crippen molar-refractivity contribution >= 4 is 18.2 Å². The van der Waals surface area contributed by atoms with E-state index in [2.05, 4.69) is 9.84 Å². The standard InChI is InChI=1S/C3H3ClN2O/c4-6-1-2-7-3-5-6/h1-3H. The van der Waals surface area contributed by atoms with E-state index in [9.17, 15) is 0 Å². The summed E-state index contributed by atoms with van der Waals surface area (Å²) in [5, 5.41) is 3.49. The number of hydrazone groups is 1. The van der Waals surface area contributed by atoms with Gasteiger partial charge in [0, 0.05) is 11.8 Å². The molecule has 0 aliphatic carbocycles. The molecule has 7 heavy (non-hydrogen) atoms. The predicted molar refractivity (Wildman–Crippen MR) is 26.4 cm³/mol. The molecule has 0 amide bonds. The predicted octanol–water partition coefficient (Wildman–Crippen LogP) is 0.887. The normalized spacial score (nSPS) is 17.0. The third-order valence-corrected chi connectivity index (χ3v) is 0.681. The van der Waals surface area contributed by atoms with Crippen molar-refractivity contribution in [1.29, 1.82) is 0 Å². The maximum absolute atomic E-state index is 5.29. The summed E-state index contributed by atoms with van der Waals surface area (Å²) in [5.41, 5.74) is 0. The van der Waals surface area contributed by atoms with Crippen molar-refractivity contribution < 1.29 is 4.74 Å². The van der Waals surface area contributed by atoms with Crippen LogP contribution in [0.4, 0.5) is 0 Å². The average molecular weight is 119 g/mol. The van der Waals surface area contributed by atoms with Crippen molar-refractivity contribution in [3.63, 3.8) is 0 Å². The molecule has 3 nitrogen and oxygen atoms in total. The Morgan fingerprint density at radius 1 is 1.71 bits per heavy atom. The van der Waals surface area contributed by atoms with Gasteiger partial charge >= 0.3 is 0 Å². The number of hydrogen-bond acceptors (Lipinski definition) is 3. The minimum absolute atomic E-state index is 1.13. The van der Waals surface area contributed by atoms with Gasteiger partial charge in [0.05, 0.1) is 6.20 Å². The highest BCUT2D eigenvalue weighted by molar-refractivity contribution is 6.14. The Bertz CT molecular complexity index is 99.5. The van der Waals surface area contributed by atoms with Crippen LogP contribution in [-0.2, 0) is 4.74 Å². The van der Waals surface area contributed by atoms with E-state index < -0.39 is 0 Å². The van der Waals surface area contributed by atoms with Gasteiger partial charge in [-0.15, -0.1) is 5.10 Å². The number of ether oxygens (including phenoxy) is 1. The van der Waals surface area contributed by atoms with Crippen LogP contribution < -0.4 is 0 Å². The number of hydrogen-bond donors (Lipinski definition) is 0. The highest BCUT2D eigenvalue weighted by atomic mass is 35.5. The molecule has 1 heterocycles. The first-order valence-electron chi connectivity index (χ1n) is 1.69. The molecule has 38 valence electrons. The van der Waals surface area contributed by atoms with Gasteiger partial charge in [0.2, 0.25) is 0 Å². The average Bonchev–Trinajstić information content (AvgIpc) is 1.69. The smallest absolute Gasteiger partial charge is 0.200 e. The minimum Gasteiger partial charge on any atom is -0.450 e. The molecule has 0 spiro atoms. The highest BCUT2D eigenvalue weighted by Crippen LogP contribution is 1.98. The van der Waals surface area contributed by atoms with Gasteiger partial charge < -0.3 is 4.74 Å². The molecule has 0 bridgehead atoms. The summed E-state index contributed by atoms with van der Waals surface area (Å²) in [6, 6.07) is 0. The third kappa shape index (κ3) is 1.08. The molecule has 1 rings (SSSR count). The van der Waals surface area contributed by atoms with E-state index in [-0.39, 0.29) is 0 Å². The Morgan fingerprint density at radius 3 is 2.86 bits per heavy atom. The Hall–Kier alpha value is -0.700. The summed E-state index contributed by atoms with van der Waals surface area (Å²) < 4.78 is 5.67. The fourth-order valence-electron chi connectivity index (χ4n) is 0.231. The SMILES string of the molecule is ClN1C=COC=N1. The molecule has 0 fully saturated rings. The minimum atomic E-state index is 1.13. The van der Waals surface area contributed by atoms with Crippen molar-refractivity contribution in [2.24, 2.45) is 5.10 Å². The lowest BCUT2D eigenvalue weighted by molar-refractivity contribution is 0.436. The van der Waals surface area contributed by atoms with Crippen LogP contribution in [0.3, 0.4) is 0 Å². The second kappa shape index (κ2) is 1.84. The van der Waals surface area contributed by atoms with E-state index in [0.29, 0.717) is 0 Å². The van der Waals surface area contributed by atoms with Gasteiger partial charge in [-0.2, -0.15) is 4.53 Å². The molecule has 1 aliphatic rings. The van der Waals surface area contributed by atoms with Crippen LogP contribution >= 0.6 is 11.8 Å². The second-order valence-electron chi connectivity index (χ2n) is 0.931. The molecule has 0 aromatic rings. The molecule has 4 heteroatoms. The van der Waals surface area contributed by atoms with Crippen LogP contribution in [0.5, 0.6) is 0 Å². The summed E-state index contributed by atoms with van der Waals surface area (Å²) in [7, 11) is 0. The molecule has 0 atom stereocenters. The van der Waals surface area contributed by atoms with E-state index >= 15 is 0 Å². The van der Waals surface area contributed by atoms with Crippen LogP contribution in [0.1, 0.15) is 0 Å². The highest BCUT2D eigenvalue weighted by Gasteiger charge is 1.88. The van der Waals surface area contributed by atoms with E-state index in [1.807, 2.05) is 0 Å². The van der Waals surface area contributed by atoms with Crippen molar-refractivity contribution in [1.82, 2.24) is 4.53 Å². The largest absolute Gasteiger partial charge is 0.450 e. The molecule has 0 unspecified atom stereocenters. The van der Waals surface area contributed by atoms with Crippen molar-refractivity contribution in [2.45, 2.75) is 0 Å². The van der Waals surface area contributed by atoms with Gasteiger partial charge in [0.15, 0.2) is 6.40 Å². The maximum Gasteiger partial charge on any atom is 0.200 e. The molecule has 1 aliphatic heterocycles. The topological polar surface area (TPSA) is 24.8 Å². The van der Waals surface area contributed by atoms with Crippen LogP contribution in [-0.4, -0.2) is 10.9 Å². The van der Waals surface area contributed by atoms with Crippen LogP contribution in [0.15, 0.2) is 17.6 Å². The van der Waals surface area contributed by atoms with Crippen molar-refractivity contribution in [3.05, 3.63) is 12.5 Å². The first-order valence-corrected chi connectivity index (χ1v) is 2.03.